The molecule has 0 aliphatic rings. The van der Waals surface area contributed by atoms with Crippen LogP contribution in [-0.2, 0) is 4.79 Å². The zero-order valence-electron chi connectivity index (χ0n) is 11.8. The van der Waals surface area contributed by atoms with Crippen molar-refractivity contribution < 1.29 is 9.18 Å². The molecule has 110 valence electrons. The fourth-order valence-corrected chi connectivity index (χ4v) is 2.88. The van der Waals surface area contributed by atoms with Crippen LogP contribution in [0.1, 0.15) is 11.1 Å². The van der Waals surface area contributed by atoms with Gasteiger partial charge in [-0.3, -0.25) is 4.79 Å². The SMILES string of the molecule is Cc1cc(C)c(NCC(=O)Nc2ccccc2F)c(Br)c1. The maximum Gasteiger partial charge on any atom is 0.243 e. The van der Waals surface area contributed by atoms with Crippen molar-refractivity contribution >= 4 is 33.2 Å². The van der Waals surface area contributed by atoms with Gasteiger partial charge in [0.05, 0.1) is 17.9 Å². The second-order valence-corrected chi connectivity index (χ2v) is 5.67. The van der Waals surface area contributed by atoms with Crippen molar-refractivity contribution in [3.05, 3.63) is 57.8 Å². The minimum atomic E-state index is -0.446. The molecule has 3 nitrogen and oxygen atoms in total. The van der Waals surface area contributed by atoms with Crippen molar-refractivity contribution in [2.45, 2.75) is 13.8 Å². The lowest BCUT2D eigenvalue weighted by Crippen LogP contribution is -2.22. The molecule has 0 saturated carbocycles. The molecular formula is C16H16BrFN2O. The van der Waals surface area contributed by atoms with Crippen LogP contribution in [0.4, 0.5) is 15.8 Å². The van der Waals surface area contributed by atoms with E-state index in [1.54, 1.807) is 12.1 Å². The van der Waals surface area contributed by atoms with Gasteiger partial charge in [-0.15, -0.1) is 0 Å². The van der Waals surface area contributed by atoms with Crippen molar-refractivity contribution in [1.82, 2.24) is 0 Å². The predicted octanol–water partition coefficient (Wildman–Crippen LogP) is 4.26. The zero-order valence-corrected chi connectivity index (χ0v) is 13.4. The van der Waals surface area contributed by atoms with E-state index in [0.29, 0.717) is 0 Å². The molecule has 2 aromatic rings. The minimum absolute atomic E-state index is 0.0663. The highest BCUT2D eigenvalue weighted by molar-refractivity contribution is 9.10. The Bertz CT molecular complexity index is 650. The maximum absolute atomic E-state index is 13.4. The van der Waals surface area contributed by atoms with Crippen molar-refractivity contribution in [3.8, 4) is 0 Å². The van der Waals surface area contributed by atoms with Crippen molar-refractivity contribution in [3.63, 3.8) is 0 Å². The Balaban J connectivity index is 2.01. The van der Waals surface area contributed by atoms with Crippen LogP contribution in [0.15, 0.2) is 40.9 Å². The highest BCUT2D eigenvalue weighted by Gasteiger charge is 2.09. The largest absolute Gasteiger partial charge is 0.375 e. The van der Waals surface area contributed by atoms with E-state index in [1.165, 1.54) is 12.1 Å². The summed E-state index contributed by atoms with van der Waals surface area (Å²) in [4.78, 5) is 11.9. The lowest BCUT2D eigenvalue weighted by atomic mass is 10.1. The van der Waals surface area contributed by atoms with Gasteiger partial charge in [-0.1, -0.05) is 18.2 Å². The third-order valence-electron chi connectivity index (χ3n) is 3.01. The number of anilines is 2. The summed E-state index contributed by atoms with van der Waals surface area (Å²) in [7, 11) is 0. The molecule has 0 aliphatic heterocycles. The standard InChI is InChI=1S/C16H16BrFN2O/c1-10-7-11(2)16(12(17)8-10)19-9-15(21)20-14-6-4-3-5-13(14)18/h3-8,19H,9H2,1-2H3,(H,20,21). The van der Waals surface area contributed by atoms with Gasteiger partial charge in [-0.25, -0.2) is 4.39 Å². The quantitative estimate of drug-likeness (QED) is 0.864. The van der Waals surface area contributed by atoms with Crippen LogP contribution >= 0.6 is 15.9 Å². The first-order chi connectivity index (χ1) is 9.97. The van der Waals surface area contributed by atoms with Crippen LogP contribution in [0, 0.1) is 19.7 Å². The molecule has 0 aliphatic carbocycles. The molecule has 0 spiro atoms. The summed E-state index contributed by atoms with van der Waals surface area (Å²) >= 11 is 3.47. The lowest BCUT2D eigenvalue weighted by molar-refractivity contribution is -0.114. The van der Waals surface area contributed by atoms with E-state index >= 15 is 0 Å². The lowest BCUT2D eigenvalue weighted by Gasteiger charge is -2.13. The number of rotatable bonds is 4. The van der Waals surface area contributed by atoms with Gasteiger partial charge in [-0.2, -0.15) is 0 Å². The highest BCUT2D eigenvalue weighted by atomic mass is 79.9. The smallest absolute Gasteiger partial charge is 0.243 e. The molecule has 0 atom stereocenters. The maximum atomic E-state index is 13.4. The molecule has 0 unspecified atom stereocenters. The first-order valence-electron chi connectivity index (χ1n) is 6.52. The Labute approximate surface area is 131 Å². The number of para-hydroxylation sites is 1. The number of hydrogen-bond donors (Lipinski definition) is 2. The Morgan fingerprint density at radius 3 is 2.62 bits per heavy atom. The highest BCUT2D eigenvalue weighted by Crippen LogP contribution is 2.27. The average molecular weight is 351 g/mol. The molecule has 0 heterocycles. The topological polar surface area (TPSA) is 41.1 Å². The molecule has 5 heteroatoms. The van der Waals surface area contributed by atoms with E-state index in [1.807, 2.05) is 26.0 Å². The average Bonchev–Trinajstić information content (AvgIpc) is 2.40. The number of amides is 1. The van der Waals surface area contributed by atoms with Crippen LogP contribution in [0.25, 0.3) is 0 Å². The number of carbonyl (C=O) groups excluding carboxylic acids is 1. The van der Waals surface area contributed by atoms with Gasteiger partial charge in [0.1, 0.15) is 5.82 Å². The molecule has 1 amide bonds. The molecule has 0 fully saturated rings. The fourth-order valence-electron chi connectivity index (χ4n) is 2.07. The van der Waals surface area contributed by atoms with Gasteiger partial charge in [0.15, 0.2) is 0 Å². The van der Waals surface area contributed by atoms with E-state index < -0.39 is 5.82 Å². The van der Waals surface area contributed by atoms with Crippen LogP contribution < -0.4 is 10.6 Å². The summed E-state index contributed by atoms with van der Waals surface area (Å²) in [6.07, 6.45) is 0. The number of nitrogens with one attached hydrogen (secondary N) is 2. The summed E-state index contributed by atoms with van der Waals surface area (Å²) in [6, 6.07) is 10.1. The fraction of sp³-hybridized carbons (Fsp3) is 0.188. The predicted molar refractivity (Wildman–Crippen MR) is 87.1 cm³/mol. The second-order valence-electron chi connectivity index (χ2n) is 4.82. The summed E-state index contributed by atoms with van der Waals surface area (Å²) in [6.45, 7) is 4.04. The Morgan fingerprint density at radius 2 is 1.95 bits per heavy atom. The molecule has 2 rings (SSSR count). The zero-order chi connectivity index (χ0) is 15.4. The van der Waals surface area contributed by atoms with E-state index in [4.69, 9.17) is 0 Å². The molecule has 21 heavy (non-hydrogen) atoms. The Kier molecular flexibility index (Phi) is 4.96. The van der Waals surface area contributed by atoms with Crippen molar-refractivity contribution in [1.29, 1.82) is 0 Å². The van der Waals surface area contributed by atoms with E-state index in [-0.39, 0.29) is 18.1 Å². The third-order valence-corrected chi connectivity index (χ3v) is 3.63. The molecular weight excluding hydrogens is 335 g/mol. The molecule has 2 N–H and O–H groups in total. The van der Waals surface area contributed by atoms with Gasteiger partial charge in [0.2, 0.25) is 5.91 Å². The summed E-state index contributed by atoms with van der Waals surface area (Å²) < 4.78 is 14.3. The third kappa shape index (κ3) is 4.04. The van der Waals surface area contributed by atoms with Crippen LogP contribution in [0.2, 0.25) is 0 Å². The first kappa shape index (κ1) is 15.5. The number of aryl methyl sites for hydroxylation is 2. The Hall–Kier alpha value is -1.88. The van der Waals surface area contributed by atoms with Crippen molar-refractivity contribution in [2.24, 2.45) is 0 Å². The molecule has 0 radical (unpaired) electrons. The molecule has 0 saturated heterocycles. The summed E-state index contributed by atoms with van der Waals surface area (Å²) in [5.74, 6) is -0.745. The number of benzene rings is 2. The van der Waals surface area contributed by atoms with Crippen LogP contribution in [0.5, 0.6) is 0 Å². The summed E-state index contributed by atoms with van der Waals surface area (Å²) in [5.41, 5.74) is 3.23. The number of hydrogen-bond acceptors (Lipinski definition) is 2. The van der Waals surface area contributed by atoms with E-state index in [2.05, 4.69) is 26.6 Å². The van der Waals surface area contributed by atoms with Gasteiger partial charge >= 0.3 is 0 Å². The van der Waals surface area contributed by atoms with Gasteiger partial charge < -0.3 is 10.6 Å². The van der Waals surface area contributed by atoms with E-state index in [0.717, 1.165) is 21.3 Å². The molecule has 2 aromatic carbocycles. The van der Waals surface area contributed by atoms with Gasteiger partial charge in [0, 0.05) is 4.47 Å². The van der Waals surface area contributed by atoms with Crippen molar-refractivity contribution in [2.75, 3.05) is 17.2 Å². The molecule has 0 bridgehead atoms. The second kappa shape index (κ2) is 6.72. The molecule has 0 aromatic heterocycles. The van der Waals surface area contributed by atoms with Gasteiger partial charge in [-0.05, 0) is 59.1 Å². The van der Waals surface area contributed by atoms with Crippen LogP contribution in [0.3, 0.4) is 0 Å². The monoisotopic (exact) mass is 350 g/mol. The Morgan fingerprint density at radius 1 is 1.24 bits per heavy atom. The number of halogens is 2. The van der Waals surface area contributed by atoms with Gasteiger partial charge in [0.25, 0.3) is 0 Å². The summed E-state index contributed by atoms with van der Waals surface area (Å²) in [5, 5.41) is 5.61. The number of carbonyl (C=O) groups is 1. The van der Waals surface area contributed by atoms with Crippen LogP contribution in [-0.4, -0.2) is 12.5 Å². The normalized spacial score (nSPS) is 10.3. The first-order valence-corrected chi connectivity index (χ1v) is 7.31. The van der Waals surface area contributed by atoms with E-state index in [9.17, 15) is 9.18 Å². The minimum Gasteiger partial charge on any atom is -0.375 e.